The van der Waals surface area contributed by atoms with Crippen molar-refractivity contribution in [2.45, 2.75) is 25.2 Å². The minimum Gasteiger partial charge on any atom is -0.497 e. The van der Waals surface area contributed by atoms with Gasteiger partial charge in [-0.15, -0.1) is 0 Å². The van der Waals surface area contributed by atoms with Gasteiger partial charge >= 0.3 is 0 Å². The Hall–Kier alpha value is -2.45. The third kappa shape index (κ3) is 4.18. The number of aromatic nitrogens is 1. The van der Waals surface area contributed by atoms with Crippen molar-refractivity contribution in [1.29, 1.82) is 0 Å². The highest BCUT2D eigenvalue weighted by Gasteiger charge is 2.17. The number of benzene rings is 2. The molecule has 0 radical (unpaired) electrons. The van der Waals surface area contributed by atoms with Crippen LogP contribution in [0.2, 0.25) is 0 Å². The lowest BCUT2D eigenvalue weighted by atomic mass is 10.1. The van der Waals surface area contributed by atoms with Gasteiger partial charge < -0.3 is 9.30 Å². The van der Waals surface area contributed by atoms with Crippen molar-refractivity contribution in [2.24, 2.45) is 12.0 Å². The number of hydrogen-bond donors (Lipinski definition) is 0. The number of carbonyl (C=O) groups is 1. The predicted octanol–water partition coefficient (Wildman–Crippen LogP) is 3.16. The fourth-order valence-corrected chi connectivity index (χ4v) is 5.52. The molecule has 0 saturated carbocycles. The van der Waals surface area contributed by atoms with Crippen molar-refractivity contribution in [1.82, 2.24) is 4.57 Å². The Morgan fingerprint density at radius 3 is 2.50 bits per heavy atom. The number of fused-ring (bicyclic) bond motifs is 1. The summed E-state index contributed by atoms with van der Waals surface area (Å²) in [5.41, 5.74) is 3.30. The number of ether oxygens (including phenoxy) is 1. The van der Waals surface area contributed by atoms with Crippen molar-refractivity contribution in [2.75, 3.05) is 12.9 Å². The second-order valence-electron chi connectivity index (χ2n) is 6.62. The van der Waals surface area contributed by atoms with Gasteiger partial charge in [-0.3, -0.25) is 4.79 Å². The number of methoxy groups -OCH3 is 1. The molecule has 0 N–H and O–H groups in total. The Labute approximate surface area is 168 Å². The zero-order chi connectivity index (χ0) is 20.5. The number of carbonyl (C=O) groups excluding carboxylic acids is 1. The summed E-state index contributed by atoms with van der Waals surface area (Å²) in [5, 5.41) is 0. The maximum absolute atomic E-state index is 12.4. The van der Waals surface area contributed by atoms with Gasteiger partial charge in [0.1, 0.15) is 5.75 Å². The standard InChI is InChI=1S/C20H22N2O4S2/c1-13-11-14(2)19-17(12-13)27-20(22(19)3)21-18(23)9-10-28(24,25)16-7-5-15(26-4)6-8-16/h5-8,11-12H,9-10H2,1-4H3. The number of nitrogens with zero attached hydrogens (tertiary/aromatic N) is 2. The Morgan fingerprint density at radius 2 is 1.86 bits per heavy atom. The molecule has 0 fully saturated rings. The summed E-state index contributed by atoms with van der Waals surface area (Å²) in [6.45, 7) is 4.05. The summed E-state index contributed by atoms with van der Waals surface area (Å²) in [7, 11) is -0.183. The number of hydrogen-bond acceptors (Lipinski definition) is 5. The Bertz CT molecular complexity index is 1200. The van der Waals surface area contributed by atoms with E-state index in [1.54, 1.807) is 12.1 Å². The monoisotopic (exact) mass is 418 g/mol. The third-order valence-electron chi connectivity index (χ3n) is 4.46. The van der Waals surface area contributed by atoms with Gasteiger partial charge in [0.05, 0.1) is 28.0 Å². The summed E-state index contributed by atoms with van der Waals surface area (Å²) in [6, 6.07) is 10.3. The van der Waals surface area contributed by atoms with Gasteiger partial charge in [0.15, 0.2) is 14.6 Å². The molecule has 0 aliphatic carbocycles. The predicted molar refractivity (Wildman–Crippen MR) is 111 cm³/mol. The topological polar surface area (TPSA) is 77.7 Å². The van der Waals surface area contributed by atoms with E-state index in [0.717, 1.165) is 21.3 Å². The lowest BCUT2D eigenvalue weighted by molar-refractivity contribution is -0.117. The number of amides is 1. The van der Waals surface area contributed by atoms with Crippen molar-refractivity contribution in [3.63, 3.8) is 0 Å². The highest BCUT2D eigenvalue weighted by atomic mass is 32.2. The van der Waals surface area contributed by atoms with Crippen LogP contribution in [0.5, 0.6) is 5.75 Å². The molecule has 0 aliphatic heterocycles. The fraction of sp³-hybridized carbons (Fsp3) is 0.300. The molecule has 1 amide bonds. The molecule has 3 rings (SSSR count). The van der Waals surface area contributed by atoms with E-state index in [-0.39, 0.29) is 17.1 Å². The Morgan fingerprint density at radius 1 is 1.18 bits per heavy atom. The smallest absolute Gasteiger partial charge is 0.249 e. The highest BCUT2D eigenvalue weighted by molar-refractivity contribution is 7.91. The van der Waals surface area contributed by atoms with E-state index < -0.39 is 15.7 Å². The van der Waals surface area contributed by atoms with Crippen LogP contribution in [0.1, 0.15) is 17.5 Å². The van der Waals surface area contributed by atoms with Gasteiger partial charge in [0, 0.05) is 13.5 Å². The largest absolute Gasteiger partial charge is 0.497 e. The molecule has 0 atom stereocenters. The number of sulfone groups is 1. The normalized spacial score (nSPS) is 12.5. The van der Waals surface area contributed by atoms with Crippen LogP contribution in [0.3, 0.4) is 0 Å². The molecule has 2 aromatic carbocycles. The van der Waals surface area contributed by atoms with E-state index in [1.165, 1.54) is 30.6 Å². The molecule has 0 spiro atoms. The first-order valence-corrected chi connectivity index (χ1v) is 11.2. The molecule has 3 aromatic rings. The summed E-state index contributed by atoms with van der Waals surface area (Å²) < 4.78 is 32.8. The van der Waals surface area contributed by atoms with Crippen molar-refractivity contribution in [3.8, 4) is 5.75 Å². The van der Waals surface area contributed by atoms with Crippen LogP contribution in [0, 0.1) is 13.8 Å². The molecule has 28 heavy (non-hydrogen) atoms. The maximum Gasteiger partial charge on any atom is 0.249 e. The van der Waals surface area contributed by atoms with Gasteiger partial charge in [0.25, 0.3) is 0 Å². The van der Waals surface area contributed by atoms with Gasteiger partial charge in [-0.2, -0.15) is 4.99 Å². The highest BCUT2D eigenvalue weighted by Crippen LogP contribution is 2.22. The van der Waals surface area contributed by atoms with Crippen molar-refractivity contribution >= 4 is 37.3 Å². The van der Waals surface area contributed by atoms with Crippen LogP contribution in [0.15, 0.2) is 46.3 Å². The molecular formula is C20H22N2O4S2. The molecule has 148 valence electrons. The average molecular weight is 419 g/mol. The number of aryl methyl sites for hydroxylation is 3. The van der Waals surface area contributed by atoms with Gasteiger partial charge in [0.2, 0.25) is 5.91 Å². The molecule has 0 bridgehead atoms. The molecule has 6 nitrogen and oxygen atoms in total. The quantitative estimate of drug-likeness (QED) is 0.638. The van der Waals surface area contributed by atoms with E-state index in [2.05, 4.69) is 17.1 Å². The van der Waals surface area contributed by atoms with Crippen LogP contribution in [0.25, 0.3) is 10.2 Å². The van der Waals surface area contributed by atoms with Gasteiger partial charge in [-0.25, -0.2) is 8.42 Å². The van der Waals surface area contributed by atoms with Crippen LogP contribution >= 0.6 is 11.3 Å². The van der Waals surface area contributed by atoms with E-state index >= 15 is 0 Å². The second-order valence-corrected chi connectivity index (χ2v) is 9.74. The zero-order valence-corrected chi connectivity index (χ0v) is 17.9. The molecule has 0 aliphatic rings. The molecule has 1 aromatic heterocycles. The van der Waals surface area contributed by atoms with E-state index in [1.807, 2.05) is 25.5 Å². The maximum atomic E-state index is 12.4. The first kappa shape index (κ1) is 20.3. The first-order chi connectivity index (χ1) is 13.2. The number of rotatable bonds is 5. The van der Waals surface area contributed by atoms with Crippen molar-refractivity contribution in [3.05, 3.63) is 52.3 Å². The summed E-state index contributed by atoms with van der Waals surface area (Å²) in [4.78, 5) is 17.2. The van der Waals surface area contributed by atoms with E-state index in [4.69, 9.17) is 4.74 Å². The molecule has 8 heteroatoms. The fourth-order valence-electron chi connectivity index (χ4n) is 3.07. The molecule has 0 unspecified atom stereocenters. The average Bonchev–Trinajstić information content (AvgIpc) is 2.95. The second kappa shape index (κ2) is 7.89. The third-order valence-corrected chi connectivity index (χ3v) is 7.27. The van der Waals surface area contributed by atoms with Gasteiger partial charge in [-0.1, -0.05) is 17.4 Å². The lowest BCUT2D eigenvalue weighted by Crippen LogP contribution is -2.16. The zero-order valence-electron chi connectivity index (χ0n) is 16.2. The molecular weight excluding hydrogens is 396 g/mol. The summed E-state index contributed by atoms with van der Waals surface area (Å²) >= 11 is 1.43. The minimum absolute atomic E-state index is 0.166. The van der Waals surface area contributed by atoms with Crippen LogP contribution in [-0.4, -0.2) is 31.8 Å². The van der Waals surface area contributed by atoms with E-state index in [9.17, 15) is 13.2 Å². The first-order valence-electron chi connectivity index (χ1n) is 8.72. The molecule has 0 saturated heterocycles. The van der Waals surface area contributed by atoms with E-state index in [0.29, 0.717) is 10.6 Å². The summed E-state index contributed by atoms with van der Waals surface area (Å²) in [5.74, 6) is -0.157. The van der Waals surface area contributed by atoms with Crippen molar-refractivity contribution < 1.29 is 17.9 Å². The number of thiazole rings is 1. The lowest BCUT2D eigenvalue weighted by Gasteiger charge is -2.04. The Kier molecular flexibility index (Phi) is 5.71. The van der Waals surface area contributed by atoms with Crippen LogP contribution in [-0.2, 0) is 21.7 Å². The Balaban J connectivity index is 1.81. The van der Waals surface area contributed by atoms with Crippen LogP contribution in [0.4, 0.5) is 0 Å². The van der Waals surface area contributed by atoms with Crippen LogP contribution < -0.4 is 9.54 Å². The SMILES string of the molecule is COc1ccc(S(=O)(=O)CCC(=O)N=c2sc3cc(C)cc(C)c3n2C)cc1. The summed E-state index contributed by atoms with van der Waals surface area (Å²) in [6.07, 6.45) is -0.166. The molecule has 1 heterocycles. The van der Waals surface area contributed by atoms with Gasteiger partial charge in [-0.05, 0) is 55.3 Å². The minimum atomic E-state index is -3.56.